The monoisotopic (exact) mass is 675 g/mol. The van der Waals surface area contributed by atoms with Gasteiger partial charge in [0.05, 0.1) is 51.1 Å². The average Bonchev–Trinajstić information content (AvgIpc) is 3.47. The number of ether oxygens (including phenoxy) is 3. The molecule has 2 N–H and O–H groups in total. The minimum absolute atomic E-state index is 0.0729. The van der Waals surface area contributed by atoms with Gasteiger partial charge in [0.25, 0.3) is 0 Å². The summed E-state index contributed by atoms with van der Waals surface area (Å²) in [5, 5.41) is 12.2. The number of aryl methyl sites for hydroxylation is 1. The van der Waals surface area contributed by atoms with Gasteiger partial charge in [0.15, 0.2) is 0 Å². The smallest absolute Gasteiger partial charge is 0.314 e. The van der Waals surface area contributed by atoms with Crippen molar-refractivity contribution in [3.63, 3.8) is 0 Å². The lowest BCUT2D eigenvalue weighted by molar-refractivity contribution is -0.162. The van der Waals surface area contributed by atoms with E-state index in [0.29, 0.717) is 29.4 Å². The fraction of sp³-hybridized carbons (Fsp3) is 0.382. The summed E-state index contributed by atoms with van der Waals surface area (Å²) in [6.07, 6.45) is 0.765. The van der Waals surface area contributed by atoms with Crippen molar-refractivity contribution in [1.29, 1.82) is 0 Å². The molecular formula is C34H41N7O6S. The van der Waals surface area contributed by atoms with Gasteiger partial charge in [-0.25, -0.2) is 4.68 Å². The van der Waals surface area contributed by atoms with Crippen molar-refractivity contribution < 1.29 is 28.1 Å². The fourth-order valence-corrected chi connectivity index (χ4v) is 7.46. The van der Waals surface area contributed by atoms with Crippen LogP contribution in [0.25, 0.3) is 10.4 Å². The first kappa shape index (κ1) is 34.9. The van der Waals surface area contributed by atoms with E-state index in [4.69, 9.17) is 19.7 Å². The molecule has 2 heterocycles. The first-order chi connectivity index (χ1) is 22.9. The van der Waals surface area contributed by atoms with Crippen LogP contribution in [0.4, 0.5) is 0 Å². The molecule has 1 aromatic heterocycles. The lowest BCUT2D eigenvalue weighted by Crippen LogP contribution is -2.35. The van der Waals surface area contributed by atoms with Crippen LogP contribution >= 0.6 is 10.8 Å². The summed E-state index contributed by atoms with van der Waals surface area (Å²) in [5.41, 5.74) is 12.5. The molecule has 0 spiro atoms. The summed E-state index contributed by atoms with van der Waals surface area (Å²) < 4.78 is 43.9. The number of nitrogens with zero attached hydrogens (tertiary/aromatic N) is 7. The molecule has 1 aliphatic heterocycles. The molecule has 0 aliphatic carbocycles. The van der Waals surface area contributed by atoms with Gasteiger partial charge in [0.1, 0.15) is 22.4 Å². The number of fused-ring (bicyclic) bond motifs is 1. The predicted octanol–water partition coefficient (Wildman–Crippen LogP) is 7.21. The number of aromatic nitrogens is 3. The van der Waals surface area contributed by atoms with Crippen molar-refractivity contribution >= 4 is 16.7 Å². The number of para-hydroxylation sites is 1. The molecule has 0 radical (unpaired) electrons. The molecule has 2 unspecified atom stereocenters. The Balaban J connectivity index is 1.38. The van der Waals surface area contributed by atoms with Crippen LogP contribution in [0.1, 0.15) is 60.4 Å². The highest BCUT2D eigenvalue weighted by Gasteiger charge is 2.41. The van der Waals surface area contributed by atoms with Crippen LogP contribution in [0.3, 0.4) is 0 Å². The van der Waals surface area contributed by atoms with E-state index in [9.17, 15) is 13.9 Å². The van der Waals surface area contributed by atoms with E-state index in [1.807, 2.05) is 62.4 Å². The predicted molar refractivity (Wildman–Crippen MR) is 181 cm³/mol. The Morgan fingerprint density at radius 3 is 2.69 bits per heavy atom. The third kappa shape index (κ3) is 7.81. The number of benzene rings is 3. The first-order valence-electron chi connectivity index (χ1n) is 15.5. The molecule has 0 saturated heterocycles. The van der Waals surface area contributed by atoms with Crippen molar-refractivity contribution in [2.24, 2.45) is 10.5 Å². The van der Waals surface area contributed by atoms with Gasteiger partial charge in [-0.05, 0) is 73.2 Å². The van der Waals surface area contributed by atoms with Crippen molar-refractivity contribution in [2.75, 3.05) is 13.7 Å². The Kier molecular flexibility index (Phi) is 10.7. The van der Waals surface area contributed by atoms with E-state index in [2.05, 4.69) is 20.3 Å². The van der Waals surface area contributed by atoms with Crippen LogP contribution in [-0.2, 0) is 40.5 Å². The van der Waals surface area contributed by atoms with Gasteiger partial charge < -0.3 is 14.2 Å². The maximum Gasteiger partial charge on any atom is 0.314 e. The molecule has 3 aromatic carbocycles. The summed E-state index contributed by atoms with van der Waals surface area (Å²) in [4.78, 5) is 16.2. The molecular weight excluding hydrogens is 634 g/mol. The molecule has 0 fully saturated rings. The van der Waals surface area contributed by atoms with Gasteiger partial charge in [-0.2, -0.15) is 4.31 Å². The number of carbonyl (C=O) groups is 1. The first-order valence-corrected chi connectivity index (χ1v) is 17.0. The maximum atomic E-state index is 13.1. The highest BCUT2D eigenvalue weighted by atomic mass is 32.3. The number of rotatable bonds is 12. The van der Waals surface area contributed by atoms with Crippen molar-refractivity contribution in [3.05, 3.63) is 117 Å². The summed E-state index contributed by atoms with van der Waals surface area (Å²) in [5.74, 6) is 0.0187. The Bertz CT molecular complexity index is 1810. The molecule has 14 heteroatoms. The number of hydrogen-bond acceptors (Lipinski definition) is 10. The SMILES string of the molecule is COC(=O)C(C)(C)C(OCc1cn(Cc2cccc(CN=[N+]=[N-])c2)nn1)c1ccc(C)c(CN2CC(C)Oc3ccccc3S2(O)O)c1. The van der Waals surface area contributed by atoms with Crippen LogP contribution in [0.5, 0.6) is 5.75 Å². The largest absolute Gasteiger partial charge is 0.487 e. The number of carbonyl (C=O) groups excluding carboxylic acids is 1. The molecule has 4 aromatic rings. The van der Waals surface area contributed by atoms with Gasteiger partial charge in [0.2, 0.25) is 0 Å². The Labute approximate surface area is 281 Å². The zero-order valence-corrected chi connectivity index (χ0v) is 28.5. The second kappa shape index (κ2) is 14.8. The zero-order valence-electron chi connectivity index (χ0n) is 27.7. The second-order valence-electron chi connectivity index (χ2n) is 12.4. The lowest BCUT2D eigenvalue weighted by atomic mass is 9.81. The van der Waals surface area contributed by atoms with Gasteiger partial charge in [-0.15, -0.1) is 15.9 Å². The molecule has 254 valence electrons. The number of methoxy groups -OCH3 is 1. The highest BCUT2D eigenvalue weighted by molar-refractivity contribution is 8.22. The van der Waals surface area contributed by atoms with Crippen LogP contribution in [0, 0.1) is 12.3 Å². The second-order valence-corrected chi connectivity index (χ2v) is 14.4. The molecule has 0 amide bonds. The third-order valence-corrected chi connectivity index (χ3v) is 10.2. The number of azide groups is 1. The number of esters is 1. The highest BCUT2D eigenvalue weighted by Crippen LogP contribution is 2.57. The van der Waals surface area contributed by atoms with Crippen molar-refractivity contribution in [2.45, 2.75) is 71.0 Å². The summed E-state index contributed by atoms with van der Waals surface area (Å²) >= 11 is 0. The van der Waals surface area contributed by atoms with Crippen molar-refractivity contribution in [3.8, 4) is 5.75 Å². The molecule has 48 heavy (non-hydrogen) atoms. The molecule has 0 bridgehead atoms. The zero-order chi connectivity index (χ0) is 34.5. The fourth-order valence-electron chi connectivity index (χ4n) is 5.80. The molecule has 2 atom stereocenters. The van der Waals surface area contributed by atoms with E-state index in [0.717, 1.165) is 27.8 Å². The van der Waals surface area contributed by atoms with Crippen LogP contribution in [0.15, 0.2) is 82.9 Å². The summed E-state index contributed by atoms with van der Waals surface area (Å²) in [6, 6.07) is 20.5. The van der Waals surface area contributed by atoms with Crippen molar-refractivity contribution in [1.82, 2.24) is 19.3 Å². The van der Waals surface area contributed by atoms with Crippen LogP contribution < -0.4 is 4.74 Å². The summed E-state index contributed by atoms with van der Waals surface area (Å²) in [7, 11) is -2.01. The molecule has 5 rings (SSSR count). The minimum Gasteiger partial charge on any atom is -0.487 e. The average molecular weight is 676 g/mol. The van der Waals surface area contributed by atoms with Gasteiger partial charge >= 0.3 is 5.97 Å². The van der Waals surface area contributed by atoms with E-state index >= 15 is 0 Å². The molecule has 13 nitrogen and oxygen atoms in total. The van der Waals surface area contributed by atoms with E-state index in [1.54, 1.807) is 47.2 Å². The quantitative estimate of drug-likeness (QED) is 0.0682. The Hall–Kier alpha value is -4.43. The Morgan fingerprint density at radius 2 is 1.92 bits per heavy atom. The minimum atomic E-state index is -3.35. The summed E-state index contributed by atoms with van der Waals surface area (Å²) in [6.45, 7) is 8.72. The van der Waals surface area contributed by atoms with Gasteiger partial charge in [0, 0.05) is 11.5 Å². The standard InChI is InChI=1S/C34H41N7O6S/c1-23-13-14-27(16-28(23)20-41-18-24(2)47-30-11-6-7-12-31(30)48(41,43)44)32(34(3,4)33(42)45-5)46-22-29-21-40(39-37-29)19-26-10-8-9-25(15-26)17-36-38-35/h6-16,21,24,32,43-44H,17-20,22H2,1-5H3. The molecule has 1 aliphatic rings. The van der Waals surface area contributed by atoms with E-state index in [-0.39, 0.29) is 25.8 Å². The van der Waals surface area contributed by atoms with Gasteiger partial charge in [-0.1, -0.05) is 64.9 Å². The normalized spacial score (nSPS) is 17.3. The third-order valence-electron chi connectivity index (χ3n) is 8.32. The van der Waals surface area contributed by atoms with E-state index in [1.165, 1.54) is 7.11 Å². The Morgan fingerprint density at radius 1 is 1.15 bits per heavy atom. The van der Waals surface area contributed by atoms with Gasteiger partial charge in [-0.3, -0.25) is 13.9 Å². The number of hydrogen-bond donors (Lipinski definition) is 2. The molecule has 0 saturated carbocycles. The lowest BCUT2D eigenvalue weighted by Gasteiger charge is -2.42. The van der Waals surface area contributed by atoms with Crippen LogP contribution in [-0.4, -0.2) is 54.1 Å². The topological polar surface area (TPSA) is 168 Å². The van der Waals surface area contributed by atoms with E-state index < -0.39 is 28.3 Å². The van der Waals surface area contributed by atoms with Crippen LogP contribution in [0.2, 0.25) is 0 Å². The maximum absolute atomic E-state index is 13.1.